The van der Waals surface area contributed by atoms with Crippen molar-refractivity contribution in [1.29, 1.82) is 0 Å². The van der Waals surface area contributed by atoms with Gasteiger partial charge in [0.1, 0.15) is 0 Å². The van der Waals surface area contributed by atoms with Gasteiger partial charge in [-0.3, -0.25) is 10.1 Å². The first-order valence-electron chi connectivity index (χ1n) is 4.24. The molecule has 15 heavy (non-hydrogen) atoms. The van der Waals surface area contributed by atoms with E-state index >= 15 is 0 Å². The molecule has 0 aliphatic rings. The van der Waals surface area contributed by atoms with Gasteiger partial charge in [-0.1, -0.05) is 0 Å². The number of anilines is 1. The standard InChI is InChI=1S/C9H11N3O3/c1-5-4-8(12(14)15)6(2)3-7(5)11-9(10)13/h3-4H,1-2H3,(H3,10,11,13). The number of benzene rings is 1. The summed E-state index contributed by atoms with van der Waals surface area (Å²) in [7, 11) is 0. The molecule has 3 N–H and O–H groups in total. The number of nitrogens with one attached hydrogen (secondary N) is 1. The number of aryl methyl sites for hydroxylation is 2. The molecule has 0 aromatic heterocycles. The van der Waals surface area contributed by atoms with Crippen LogP contribution in [0.3, 0.4) is 0 Å². The van der Waals surface area contributed by atoms with Gasteiger partial charge in [-0.15, -0.1) is 0 Å². The average molecular weight is 209 g/mol. The van der Waals surface area contributed by atoms with Crippen LogP contribution in [0.2, 0.25) is 0 Å². The Hall–Kier alpha value is -2.11. The Kier molecular flexibility index (Phi) is 2.89. The number of hydrogen-bond acceptors (Lipinski definition) is 3. The zero-order chi connectivity index (χ0) is 11.6. The normalized spacial score (nSPS) is 9.73. The van der Waals surface area contributed by atoms with Crippen molar-refractivity contribution in [2.24, 2.45) is 5.73 Å². The first kappa shape index (κ1) is 11.0. The molecule has 0 fully saturated rings. The number of primary amides is 1. The Balaban J connectivity index is 3.19. The van der Waals surface area contributed by atoms with Gasteiger partial charge in [0.25, 0.3) is 5.69 Å². The maximum absolute atomic E-state index is 10.6. The summed E-state index contributed by atoms with van der Waals surface area (Å²) in [5.74, 6) is 0. The minimum absolute atomic E-state index is 0.0301. The van der Waals surface area contributed by atoms with Crippen molar-refractivity contribution in [3.05, 3.63) is 33.4 Å². The second-order valence-electron chi connectivity index (χ2n) is 3.20. The van der Waals surface area contributed by atoms with E-state index in [0.29, 0.717) is 16.8 Å². The molecule has 1 aromatic rings. The van der Waals surface area contributed by atoms with Gasteiger partial charge in [-0.05, 0) is 25.5 Å². The third-order valence-corrected chi connectivity index (χ3v) is 2.00. The predicted molar refractivity (Wildman–Crippen MR) is 55.8 cm³/mol. The van der Waals surface area contributed by atoms with Gasteiger partial charge in [0.15, 0.2) is 0 Å². The molecule has 6 nitrogen and oxygen atoms in total. The molecule has 2 amide bonds. The molecular weight excluding hydrogens is 198 g/mol. The van der Waals surface area contributed by atoms with Gasteiger partial charge in [0.2, 0.25) is 0 Å². The van der Waals surface area contributed by atoms with E-state index in [9.17, 15) is 14.9 Å². The lowest BCUT2D eigenvalue weighted by Crippen LogP contribution is -2.20. The lowest BCUT2D eigenvalue weighted by atomic mass is 10.1. The Bertz CT molecular complexity index is 429. The molecule has 0 heterocycles. The van der Waals surface area contributed by atoms with Crippen molar-refractivity contribution in [2.45, 2.75) is 13.8 Å². The average Bonchev–Trinajstić information content (AvgIpc) is 2.09. The molecule has 0 atom stereocenters. The van der Waals surface area contributed by atoms with Crippen LogP contribution in [0.25, 0.3) is 0 Å². The molecule has 1 rings (SSSR count). The van der Waals surface area contributed by atoms with E-state index < -0.39 is 11.0 Å². The number of nitro groups is 1. The highest BCUT2D eigenvalue weighted by atomic mass is 16.6. The second-order valence-corrected chi connectivity index (χ2v) is 3.20. The van der Waals surface area contributed by atoms with Crippen LogP contribution in [-0.4, -0.2) is 11.0 Å². The number of hydrogen-bond donors (Lipinski definition) is 2. The van der Waals surface area contributed by atoms with E-state index in [4.69, 9.17) is 5.73 Å². The monoisotopic (exact) mass is 209 g/mol. The Labute approximate surface area is 86.2 Å². The summed E-state index contributed by atoms with van der Waals surface area (Å²) < 4.78 is 0. The fraction of sp³-hybridized carbons (Fsp3) is 0.222. The molecule has 6 heteroatoms. The van der Waals surface area contributed by atoms with Crippen LogP contribution in [0.5, 0.6) is 0 Å². The Morgan fingerprint density at radius 3 is 2.47 bits per heavy atom. The number of rotatable bonds is 2. The molecule has 0 spiro atoms. The van der Waals surface area contributed by atoms with E-state index in [1.807, 2.05) is 0 Å². The molecule has 80 valence electrons. The number of nitro benzene ring substituents is 1. The van der Waals surface area contributed by atoms with Gasteiger partial charge in [-0.2, -0.15) is 0 Å². The Morgan fingerprint density at radius 2 is 2.00 bits per heavy atom. The van der Waals surface area contributed by atoms with E-state index in [1.165, 1.54) is 12.1 Å². The van der Waals surface area contributed by atoms with Gasteiger partial charge in [0, 0.05) is 17.3 Å². The van der Waals surface area contributed by atoms with Gasteiger partial charge >= 0.3 is 6.03 Å². The number of urea groups is 1. The molecular formula is C9H11N3O3. The number of carbonyl (C=O) groups excluding carboxylic acids is 1. The fourth-order valence-electron chi connectivity index (χ4n) is 1.27. The van der Waals surface area contributed by atoms with Gasteiger partial charge in [-0.25, -0.2) is 4.79 Å². The fourth-order valence-corrected chi connectivity index (χ4v) is 1.27. The minimum Gasteiger partial charge on any atom is -0.351 e. The molecule has 0 bridgehead atoms. The van der Waals surface area contributed by atoms with E-state index in [-0.39, 0.29) is 5.69 Å². The summed E-state index contributed by atoms with van der Waals surface area (Å²) in [6.07, 6.45) is 0. The highest BCUT2D eigenvalue weighted by Gasteiger charge is 2.13. The van der Waals surface area contributed by atoms with Gasteiger partial charge < -0.3 is 11.1 Å². The summed E-state index contributed by atoms with van der Waals surface area (Å²) in [4.78, 5) is 20.8. The van der Waals surface area contributed by atoms with E-state index in [2.05, 4.69) is 5.32 Å². The third-order valence-electron chi connectivity index (χ3n) is 2.00. The van der Waals surface area contributed by atoms with E-state index in [1.54, 1.807) is 13.8 Å². The molecule has 0 aliphatic carbocycles. The summed E-state index contributed by atoms with van der Waals surface area (Å²) in [6.45, 7) is 3.27. The van der Waals surface area contributed by atoms with Crippen molar-refractivity contribution in [3.63, 3.8) is 0 Å². The largest absolute Gasteiger partial charge is 0.351 e. The van der Waals surface area contributed by atoms with Crippen molar-refractivity contribution < 1.29 is 9.72 Å². The number of carbonyl (C=O) groups is 1. The smallest absolute Gasteiger partial charge is 0.316 e. The first-order chi connectivity index (χ1) is 6.91. The highest BCUT2D eigenvalue weighted by Crippen LogP contribution is 2.25. The van der Waals surface area contributed by atoms with Crippen LogP contribution < -0.4 is 11.1 Å². The zero-order valence-electron chi connectivity index (χ0n) is 8.40. The minimum atomic E-state index is -0.689. The highest BCUT2D eigenvalue weighted by molar-refractivity contribution is 5.89. The molecule has 1 aromatic carbocycles. The Morgan fingerprint density at radius 1 is 1.40 bits per heavy atom. The lowest BCUT2D eigenvalue weighted by Gasteiger charge is -2.07. The predicted octanol–water partition coefficient (Wildman–Crippen LogP) is 1.70. The third kappa shape index (κ3) is 2.43. The van der Waals surface area contributed by atoms with Crippen LogP contribution in [0.1, 0.15) is 11.1 Å². The van der Waals surface area contributed by atoms with Gasteiger partial charge in [0.05, 0.1) is 4.92 Å². The maximum atomic E-state index is 10.6. The van der Waals surface area contributed by atoms with Crippen LogP contribution in [0.4, 0.5) is 16.2 Å². The number of amides is 2. The van der Waals surface area contributed by atoms with Crippen molar-refractivity contribution in [1.82, 2.24) is 0 Å². The maximum Gasteiger partial charge on any atom is 0.316 e. The van der Waals surface area contributed by atoms with E-state index in [0.717, 1.165) is 0 Å². The molecule has 0 saturated carbocycles. The molecule has 0 saturated heterocycles. The molecule has 0 aliphatic heterocycles. The SMILES string of the molecule is Cc1cc([N+](=O)[O-])c(C)cc1NC(N)=O. The second kappa shape index (κ2) is 3.95. The quantitative estimate of drug-likeness (QED) is 0.572. The number of nitrogens with zero attached hydrogens (tertiary/aromatic N) is 1. The van der Waals surface area contributed by atoms with Crippen molar-refractivity contribution >= 4 is 17.4 Å². The molecule has 0 radical (unpaired) electrons. The molecule has 0 unspecified atom stereocenters. The summed E-state index contributed by atoms with van der Waals surface area (Å²) >= 11 is 0. The van der Waals surface area contributed by atoms with Crippen LogP contribution in [-0.2, 0) is 0 Å². The topological polar surface area (TPSA) is 98.3 Å². The lowest BCUT2D eigenvalue weighted by molar-refractivity contribution is -0.385. The van der Waals surface area contributed by atoms with Crippen LogP contribution in [0, 0.1) is 24.0 Å². The van der Waals surface area contributed by atoms with Crippen LogP contribution >= 0.6 is 0 Å². The van der Waals surface area contributed by atoms with Crippen LogP contribution in [0.15, 0.2) is 12.1 Å². The van der Waals surface area contributed by atoms with Crippen molar-refractivity contribution in [2.75, 3.05) is 5.32 Å². The number of nitrogens with two attached hydrogens (primary N) is 1. The summed E-state index contributed by atoms with van der Waals surface area (Å²) in [6, 6.07) is 2.24. The summed E-state index contributed by atoms with van der Waals surface area (Å²) in [5.41, 5.74) is 6.56. The summed E-state index contributed by atoms with van der Waals surface area (Å²) in [5, 5.41) is 13.0. The first-order valence-corrected chi connectivity index (χ1v) is 4.24. The van der Waals surface area contributed by atoms with Crippen molar-refractivity contribution in [3.8, 4) is 0 Å². The zero-order valence-corrected chi connectivity index (χ0v) is 8.40.